The predicted molar refractivity (Wildman–Crippen MR) is 84.0 cm³/mol. The van der Waals surface area contributed by atoms with E-state index < -0.39 is 0 Å². The Morgan fingerprint density at radius 3 is 2.70 bits per heavy atom. The second-order valence-electron chi connectivity index (χ2n) is 4.86. The minimum Gasteiger partial charge on any atom is -0.453 e. The van der Waals surface area contributed by atoms with E-state index in [1.807, 2.05) is 30.3 Å². The zero-order valence-electron chi connectivity index (χ0n) is 11.0. The van der Waals surface area contributed by atoms with Gasteiger partial charge in [-0.15, -0.1) is 0 Å². The third kappa shape index (κ3) is 2.45. The van der Waals surface area contributed by atoms with Crippen LogP contribution in [0.25, 0.3) is 22.4 Å². The van der Waals surface area contributed by atoms with Crippen LogP contribution in [0.15, 0.2) is 39.4 Å². The van der Waals surface area contributed by atoms with Crippen molar-refractivity contribution in [2.45, 2.75) is 19.8 Å². The van der Waals surface area contributed by atoms with E-state index in [9.17, 15) is 0 Å². The maximum Gasteiger partial charge on any atom is 0.154 e. The number of nitrogens with zero attached hydrogens (tertiary/aromatic N) is 2. The summed E-state index contributed by atoms with van der Waals surface area (Å²) in [6, 6.07) is 9.47. The van der Waals surface area contributed by atoms with E-state index in [0.717, 1.165) is 21.5 Å². The third-order valence-electron chi connectivity index (χ3n) is 2.98. The van der Waals surface area contributed by atoms with Gasteiger partial charge in [0.25, 0.3) is 0 Å². The van der Waals surface area contributed by atoms with Crippen LogP contribution in [0.5, 0.6) is 0 Å². The van der Waals surface area contributed by atoms with E-state index in [1.165, 1.54) is 0 Å². The number of rotatable bonds is 2. The number of furan rings is 1. The van der Waals surface area contributed by atoms with E-state index in [1.54, 1.807) is 0 Å². The molecular formula is C15H12BrClN2O. The molecule has 5 heteroatoms. The van der Waals surface area contributed by atoms with Crippen LogP contribution in [0.1, 0.15) is 25.6 Å². The summed E-state index contributed by atoms with van der Waals surface area (Å²) in [5.41, 5.74) is 1.44. The molecule has 0 fully saturated rings. The summed E-state index contributed by atoms with van der Waals surface area (Å²) in [4.78, 5) is 8.92. The monoisotopic (exact) mass is 350 g/mol. The zero-order chi connectivity index (χ0) is 14.3. The van der Waals surface area contributed by atoms with Crippen molar-refractivity contribution < 1.29 is 4.42 Å². The fraction of sp³-hybridized carbons (Fsp3) is 0.200. The Balaban J connectivity index is 2.17. The maximum absolute atomic E-state index is 6.14. The predicted octanol–water partition coefficient (Wildman–Crippen LogP) is 5.43. The van der Waals surface area contributed by atoms with Gasteiger partial charge in [-0.1, -0.05) is 37.6 Å². The molecule has 3 rings (SSSR count). The molecule has 0 saturated carbocycles. The molecule has 1 aromatic carbocycles. The van der Waals surface area contributed by atoms with Crippen LogP contribution >= 0.6 is 27.5 Å². The molecule has 0 atom stereocenters. The molecule has 0 aliphatic heterocycles. The molecule has 0 aliphatic carbocycles. The lowest BCUT2D eigenvalue weighted by Crippen LogP contribution is -1.99. The van der Waals surface area contributed by atoms with Crippen molar-refractivity contribution >= 4 is 38.5 Å². The van der Waals surface area contributed by atoms with E-state index in [-0.39, 0.29) is 5.92 Å². The van der Waals surface area contributed by atoms with Gasteiger partial charge in [0, 0.05) is 17.4 Å². The van der Waals surface area contributed by atoms with Crippen molar-refractivity contribution in [3.8, 4) is 11.5 Å². The number of benzene rings is 1. The van der Waals surface area contributed by atoms with Crippen molar-refractivity contribution in [1.82, 2.24) is 9.97 Å². The first kappa shape index (κ1) is 13.6. The van der Waals surface area contributed by atoms with Crippen molar-refractivity contribution in [3.63, 3.8) is 0 Å². The van der Waals surface area contributed by atoms with Crippen molar-refractivity contribution in [2.75, 3.05) is 0 Å². The lowest BCUT2D eigenvalue weighted by molar-refractivity contribution is 0.626. The third-order valence-corrected chi connectivity index (χ3v) is 3.68. The molecule has 0 bridgehead atoms. The molecule has 0 saturated heterocycles. The standard InChI is InChI=1S/C15H12BrClN2O/c1-8(2)15-18-11(7-13(16)19-15)12-6-9-4-3-5-10(17)14(9)20-12/h3-8H,1-2H3. The first-order chi connectivity index (χ1) is 9.54. The molecule has 0 N–H and O–H groups in total. The van der Waals surface area contributed by atoms with E-state index in [4.69, 9.17) is 16.0 Å². The summed E-state index contributed by atoms with van der Waals surface area (Å²) in [5, 5.41) is 1.57. The normalized spacial score (nSPS) is 11.4. The van der Waals surface area contributed by atoms with Gasteiger partial charge in [0.2, 0.25) is 0 Å². The topological polar surface area (TPSA) is 38.9 Å². The molecule has 20 heavy (non-hydrogen) atoms. The average molecular weight is 352 g/mol. The van der Waals surface area contributed by atoms with Crippen LogP contribution in [0.3, 0.4) is 0 Å². The van der Waals surface area contributed by atoms with Crippen molar-refractivity contribution in [3.05, 3.63) is 45.8 Å². The summed E-state index contributed by atoms with van der Waals surface area (Å²) >= 11 is 9.55. The summed E-state index contributed by atoms with van der Waals surface area (Å²) in [7, 11) is 0. The first-order valence-corrected chi connectivity index (χ1v) is 7.44. The fourth-order valence-electron chi connectivity index (χ4n) is 1.97. The number of fused-ring (bicyclic) bond motifs is 1. The number of hydrogen-bond donors (Lipinski definition) is 0. The second kappa shape index (κ2) is 5.19. The molecule has 0 amide bonds. The van der Waals surface area contributed by atoms with E-state index in [0.29, 0.717) is 16.4 Å². The minimum absolute atomic E-state index is 0.249. The summed E-state index contributed by atoms with van der Waals surface area (Å²) in [5.74, 6) is 1.72. The van der Waals surface area contributed by atoms with Crippen LogP contribution in [-0.4, -0.2) is 9.97 Å². The Morgan fingerprint density at radius 1 is 1.20 bits per heavy atom. The van der Waals surface area contributed by atoms with Crippen LogP contribution in [0, 0.1) is 0 Å². The molecule has 2 aromatic heterocycles. The molecular weight excluding hydrogens is 340 g/mol. The first-order valence-electron chi connectivity index (χ1n) is 6.27. The Kier molecular flexibility index (Phi) is 3.52. The molecule has 0 radical (unpaired) electrons. The number of hydrogen-bond acceptors (Lipinski definition) is 3. The molecule has 3 aromatic rings. The minimum atomic E-state index is 0.249. The maximum atomic E-state index is 6.14. The van der Waals surface area contributed by atoms with Gasteiger partial charge in [0.05, 0.1) is 5.02 Å². The van der Waals surface area contributed by atoms with Gasteiger partial charge in [0.15, 0.2) is 11.3 Å². The highest BCUT2D eigenvalue weighted by Crippen LogP contribution is 2.32. The van der Waals surface area contributed by atoms with E-state index >= 15 is 0 Å². The largest absolute Gasteiger partial charge is 0.453 e. The van der Waals surface area contributed by atoms with Gasteiger partial charge < -0.3 is 4.42 Å². The van der Waals surface area contributed by atoms with Gasteiger partial charge >= 0.3 is 0 Å². The van der Waals surface area contributed by atoms with Gasteiger partial charge in [-0.3, -0.25) is 0 Å². The molecule has 2 heterocycles. The fourth-order valence-corrected chi connectivity index (χ4v) is 2.59. The van der Waals surface area contributed by atoms with Crippen LogP contribution in [-0.2, 0) is 0 Å². The van der Waals surface area contributed by atoms with Gasteiger partial charge in [0.1, 0.15) is 16.1 Å². The average Bonchev–Trinajstić information content (AvgIpc) is 2.83. The molecule has 3 nitrogen and oxygen atoms in total. The quantitative estimate of drug-likeness (QED) is 0.578. The van der Waals surface area contributed by atoms with Crippen molar-refractivity contribution in [2.24, 2.45) is 0 Å². The van der Waals surface area contributed by atoms with Crippen molar-refractivity contribution in [1.29, 1.82) is 0 Å². The summed E-state index contributed by atoms with van der Waals surface area (Å²) in [6.07, 6.45) is 0. The zero-order valence-corrected chi connectivity index (χ0v) is 13.4. The van der Waals surface area contributed by atoms with Gasteiger partial charge in [-0.05, 0) is 28.1 Å². The number of halogens is 2. The Bertz CT molecular complexity index is 783. The molecule has 0 aliphatic rings. The lowest BCUT2D eigenvalue weighted by Gasteiger charge is -2.05. The highest BCUT2D eigenvalue weighted by Gasteiger charge is 2.13. The Labute approximate surface area is 130 Å². The summed E-state index contributed by atoms with van der Waals surface area (Å²) < 4.78 is 6.58. The molecule has 0 spiro atoms. The van der Waals surface area contributed by atoms with Gasteiger partial charge in [-0.25, -0.2) is 9.97 Å². The van der Waals surface area contributed by atoms with Crippen LogP contribution in [0.2, 0.25) is 5.02 Å². The molecule has 0 unspecified atom stereocenters. The highest BCUT2D eigenvalue weighted by atomic mass is 79.9. The Morgan fingerprint density at radius 2 is 2.00 bits per heavy atom. The number of para-hydroxylation sites is 1. The molecule has 102 valence electrons. The van der Waals surface area contributed by atoms with Crippen LogP contribution < -0.4 is 0 Å². The number of aromatic nitrogens is 2. The van der Waals surface area contributed by atoms with E-state index in [2.05, 4.69) is 39.7 Å². The van der Waals surface area contributed by atoms with Crippen LogP contribution in [0.4, 0.5) is 0 Å². The summed E-state index contributed by atoms with van der Waals surface area (Å²) in [6.45, 7) is 4.11. The van der Waals surface area contributed by atoms with Gasteiger partial charge in [-0.2, -0.15) is 0 Å². The lowest BCUT2D eigenvalue weighted by atomic mass is 10.2. The SMILES string of the molecule is CC(C)c1nc(Br)cc(-c2cc3cccc(Cl)c3o2)n1. The second-order valence-corrected chi connectivity index (χ2v) is 6.08. The highest BCUT2D eigenvalue weighted by molar-refractivity contribution is 9.10. The Hall–Kier alpha value is -1.39. The smallest absolute Gasteiger partial charge is 0.154 e.